The first-order valence-electron chi connectivity index (χ1n) is 8.81. The summed E-state index contributed by atoms with van der Waals surface area (Å²) in [5.74, 6) is -1.24. The number of carboxylic acid groups (broad SMARTS) is 1. The molecule has 27 heavy (non-hydrogen) atoms. The van der Waals surface area contributed by atoms with E-state index in [0.717, 1.165) is 31.6 Å². The summed E-state index contributed by atoms with van der Waals surface area (Å²) in [5.41, 5.74) is 0.388. The van der Waals surface area contributed by atoms with E-state index in [-0.39, 0.29) is 12.1 Å². The number of carboxylic acids is 1. The summed E-state index contributed by atoms with van der Waals surface area (Å²) in [6.07, 6.45) is 1.09. The van der Waals surface area contributed by atoms with Crippen molar-refractivity contribution >= 4 is 23.4 Å². The first kappa shape index (κ1) is 20.5. The lowest BCUT2D eigenvalue weighted by molar-refractivity contribution is -0.384. The van der Waals surface area contributed by atoms with E-state index in [0.29, 0.717) is 5.56 Å². The Bertz CT molecular complexity index is 722. The summed E-state index contributed by atoms with van der Waals surface area (Å²) in [5, 5.41) is 23.0. The number of hydrogen-bond acceptors (Lipinski definition) is 6. The van der Waals surface area contributed by atoms with Gasteiger partial charge in [0.15, 0.2) is 0 Å². The molecule has 1 saturated heterocycles. The van der Waals surface area contributed by atoms with Gasteiger partial charge in [-0.25, -0.2) is 9.59 Å². The lowest BCUT2D eigenvalue weighted by Crippen LogP contribution is -2.44. The van der Waals surface area contributed by atoms with E-state index >= 15 is 0 Å². The lowest BCUT2D eigenvalue weighted by Gasteiger charge is -2.24. The summed E-state index contributed by atoms with van der Waals surface area (Å²) in [6.45, 7) is 6.64. The van der Waals surface area contributed by atoms with Gasteiger partial charge in [-0.3, -0.25) is 10.1 Å². The van der Waals surface area contributed by atoms with Crippen LogP contribution in [0.3, 0.4) is 0 Å². The maximum Gasteiger partial charge on any atom is 0.408 e. The Labute approximate surface area is 157 Å². The highest BCUT2D eigenvalue weighted by atomic mass is 16.6. The fourth-order valence-corrected chi connectivity index (χ4v) is 2.99. The monoisotopic (exact) mass is 379 g/mol. The summed E-state index contributed by atoms with van der Waals surface area (Å²) in [4.78, 5) is 36.3. The molecule has 0 aromatic heterocycles. The summed E-state index contributed by atoms with van der Waals surface area (Å²) >= 11 is 0. The largest absolute Gasteiger partial charge is 0.480 e. The number of nitro benzene ring substituents is 1. The molecule has 9 nitrogen and oxygen atoms in total. The van der Waals surface area contributed by atoms with Gasteiger partial charge in [-0.1, -0.05) is 0 Å². The minimum atomic E-state index is -1.26. The van der Waals surface area contributed by atoms with Crippen LogP contribution in [-0.4, -0.2) is 46.8 Å². The number of alkyl carbamates (subject to hydrolysis) is 1. The minimum Gasteiger partial charge on any atom is -0.480 e. The first-order valence-corrected chi connectivity index (χ1v) is 8.81. The molecule has 1 aromatic rings. The second kappa shape index (κ2) is 8.24. The zero-order chi connectivity index (χ0) is 20.2. The molecule has 1 atom stereocenters. The van der Waals surface area contributed by atoms with Crippen molar-refractivity contribution in [3.05, 3.63) is 33.9 Å². The van der Waals surface area contributed by atoms with Crippen LogP contribution in [0.25, 0.3) is 0 Å². The number of non-ortho nitro benzene ring substituents is 1. The van der Waals surface area contributed by atoms with Crippen LogP contribution in [0.2, 0.25) is 0 Å². The van der Waals surface area contributed by atoms with Crippen LogP contribution >= 0.6 is 0 Å². The molecular formula is C18H25N3O6. The standard InChI is InChI=1S/C18H25N3O6/c1-18(2,3)27-17(24)19-14(16(22)23)11-12-10-13(21(25)26)6-7-15(12)20-8-4-5-9-20/h6-7,10,14H,4-5,8-9,11H2,1-3H3,(H,19,24)(H,22,23). The van der Waals surface area contributed by atoms with Crippen LogP contribution in [0.1, 0.15) is 39.2 Å². The van der Waals surface area contributed by atoms with Crippen LogP contribution in [0.4, 0.5) is 16.2 Å². The molecule has 1 unspecified atom stereocenters. The second-order valence-corrected chi connectivity index (χ2v) is 7.51. The van der Waals surface area contributed by atoms with Crippen molar-refractivity contribution in [2.45, 2.75) is 51.7 Å². The molecule has 2 rings (SSSR count). The quantitative estimate of drug-likeness (QED) is 0.575. The Morgan fingerprint density at radius 2 is 1.96 bits per heavy atom. The normalized spacial score (nSPS) is 15.3. The number of aliphatic carboxylic acids is 1. The van der Waals surface area contributed by atoms with Gasteiger partial charge in [-0.2, -0.15) is 0 Å². The number of nitrogens with one attached hydrogen (secondary N) is 1. The first-order chi connectivity index (χ1) is 12.6. The van der Waals surface area contributed by atoms with Gasteiger partial charge in [0.2, 0.25) is 0 Å². The van der Waals surface area contributed by atoms with E-state index in [4.69, 9.17) is 4.74 Å². The smallest absolute Gasteiger partial charge is 0.408 e. The molecular weight excluding hydrogens is 354 g/mol. The molecule has 1 heterocycles. The van der Waals surface area contributed by atoms with Crippen molar-refractivity contribution in [2.24, 2.45) is 0 Å². The van der Waals surface area contributed by atoms with E-state index < -0.39 is 28.6 Å². The van der Waals surface area contributed by atoms with Crippen LogP contribution in [0.15, 0.2) is 18.2 Å². The highest BCUT2D eigenvalue weighted by Gasteiger charge is 2.27. The van der Waals surface area contributed by atoms with Crippen molar-refractivity contribution in [1.82, 2.24) is 5.32 Å². The topological polar surface area (TPSA) is 122 Å². The molecule has 9 heteroatoms. The molecule has 0 spiro atoms. The Hall–Kier alpha value is -2.84. The molecule has 1 aliphatic rings. The molecule has 0 saturated carbocycles. The number of carbonyl (C=O) groups is 2. The van der Waals surface area contributed by atoms with Crippen molar-refractivity contribution in [3.63, 3.8) is 0 Å². The fourth-order valence-electron chi connectivity index (χ4n) is 2.99. The van der Waals surface area contributed by atoms with E-state index in [2.05, 4.69) is 10.2 Å². The predicted octanol–water partition coefficient (Wildman–Crippen LogP) is 2.72. The van der Waals surface area contributed by atoms with Gasteiger partial charge in [0, 0.05) is 37.3 Å². The van der Waals surface area contributed by atoms with Crippen molar-refractivity contribution in [3.8, 4) is 0 Å². The number of nitrogens with zero attached hydrogens (tertiary/aromatic N) is 2. The molecule has 1 amide bonds. The summed E-state index contributed by atoms with van der Waals surface area (Å²) < 4.78 is 5.12. The molecule has 148 valence electrons. The number of anilines is 1. The van der Waals surface area contributed by atoms with E-state index in [9.17, 15) is 24.8 Å². The predicted molar refractivity (Wildman–Crippen MR) is 99.0 cm³/mol. The average Bonchev–Trinajstić information content (AvgIpc) is 3.06. The van der Waals surface area contributed by atoms with Gasteiger partial charge in [0.1, 0.15) is 11.6 Å². The number of carbonyl (C=O) groups excluding carboxylic acids is 1. The lowest BCUT2D eigenvalue weighted by atomic mass is 10.0. The Balaban J connectivity index is 2.27. The van der Waals surface area contributed by atoms with Gasteiger partial charge in [-0.15, -0.1) is 0 Å². The zero-order valence-electron chi connectivity index (χ0n) is 15.7. The average molecular weight is 379 g/mol. The van der Waals surface area contributed by atoms with Crippen molar-refractivity contribution in [2.75, 3.05) is 18.0 Å². The third-order valence-electron chi connectivity index (χ3n) is 4.13. The van der Waals surface area contributed by atoms with Gasteiger partial charge in [0.05, 0.1) is 4.92 Å². The van der Waals surface area contributed by atoms with Crippen LogP contribution in [-0.2, 0) is 16.0 Å². The third kappa shape index (κ3) is 5.83. The number of amides is 1. The Kier molecular flexibility index (Phi) is 6.24. The van der Waals surface area contributed by atoms with Crippen molar-refractivity contribution < 1.29 is 24.4 Å². The van der Waals surface area contributed by atoms with Crippen LogP contribution in [0.5, 0.6) is 0 Å². The molecule has 1 aliphatic heterocycles. The van der Waals surface area contributed by atoms with E-state index in [1.54, 1.807) is 26.8 Å². The van der Waals surface area contributed by atoms with Gasteiger partial charge >= 0.3 is 12.1 Å². The molecule has 0 bridgehead atoms. The summed E-state index contributed by atoms with van der Waals surface area (Å²) in [7, 11) is 0. The zero-order valence-corrected chi connectivity index (χ0v) is 15.7. The number of hydrogen-bond donors (Lipinski definition) is 2. The Morgan fingerprint density at radius 1 is 1.33 bits per heavy atom. The SMILES string of the molecule is CC(C)(C)OC(=O)NC(Cc1cc([N+](=O)[O-])ccc1N1CCCC1)C(=O)O. The molecule has 0 aliphatic carbocycles. The van der Waals surface area contributed by atoms with Gasteiger partial charge in [-0.05, 0) is 45.2 Å². The van der Waals surface area contributed by atoms with Crippen molar-refractivity contribution in [1.29, 1.82) is 0 Å². The van der Waals surface area contributed by atoms with Crippen LogP contribution < -0.4 is 10.2 Å². The molecule has 1 fully saturated rings. The number of ether oxygens (including phenoxy) is 1. The highest BCUT2D eigenvalue weighted by molar-refractivity contribution is 5.80. The number of nitro groups is 1. The van der Waals surface area contributed by atoms with E-state index in [1.165, 1.54) is 12.1 Å². The maximum atomic E-state index is 12.0. The molecule has 0 radical (unpaired) electrons. The van der Waals surface area contributed by atoms with Gasteiger partial charge in [0.25, 0.3) is 5.69 Å². The minimum absolute atomic E-state index is 0.0813. The fraction of sp³-hybridized carbons (Fsp3) is 0.556. The second-order valence-electron chi connectivity index (χ2n) is 7.51. The third-order valence-corrected chi connectivity index (χ3v) is 4.13. The summed E-state index contributed by atoms with van der Waals surface area (Å²) in [6, 6.07) is 3.17. The maximum absolute atomic E-state index is 12.0. The van der Waals surface area contributed by atoms with Gasteiger partial charge < -0.3 is 20.1 Å². The molecule has 2 N–H and O–H groups in total. The number of benzene rings is 1. The van der Waals surface area contributed by atoms with E-state index in [1.807, 2.05) is 0 Å². The highest BCUT2D eigenvalue weighted by Crippen LogP contribution is 2.29. The Morgan fingerprint density at radius 3 is 2.48 bits per heavy atom. The van der Waals surface area contributed by atoms with Crippen LogP contribution in [0, 0.1) is 10.1 Å². The molecule has 1 aromatic carbocycles. The number of rotatable bonds is 6.